The third-order valence-corrected chi connectivity index (χ3v) is 4.81. The summed E-state index contributed by atoms with van der Waals surface area (Å²) in [5.41, 5.74) is 0. The summed E-state index contributed by atoms with van der Waals surface area (Å²) in [6.45, 7) is 7.23. The second kappa shape index (κ2) is 4.47. The van der Waals surface area contributed by atoms with E-state index in [-0.39, 0.29) is 11.8 Å². The molecule has 0 aromatic rings. The summed E-state index contributed by atoms with van der Waals surface area (Å²) < 4.78 is 22.9. The molecule has 0 aliphatic carbocycles. The van der Waals surface area contributed by atoms with Gasteiger partial charge in [-0.05, 0) is 5.92 Å². The first-order chi connectivity index (χ1) is 7.49. The van der Waals surface area contributed by atoms with Crippen molar-refractivity contribution in [3.8, 4) is 0 Å². The molecular formula is C11H20N2O2S. The molecule has 0 aromatic heterocycles. The van der Waals surface area contributed by atoms with Gasteiger partial charge in [0.2, 0.25) is 0 Å². The van der Waals surface area contributed by atoms with Crippen molar-refractivity contribution in [2.75, 3.05) is 25.4 Å². The van der Waals surface area contributed by atoms with Gasteiger partial charge in [0.15, 0.2) is 9.84 Å². The minimum Gasteiger partial charge on any atom is -0.314 e. The molecule has 4 nitrogen and oxygen atoms in total. The Morgan fingerprint density at radius 3 is 2.75 bits per heavy atom. The monoisotopic (exact) mass is 244 g/mol. The van der Waals surface area contributed by atoms with Gasteiger partial charge < -0.3 is 5.32 Å². The molecule has 0 spiro atoms. The van der Waals surface area contributed by atoms with Crippen LogP contribution in [0.3, 0.4) is 0 Å². The fraction of sp³-hybridized carbons (Fsp3) is 0.818. The fourth-order valence-electron chi connectivity index (χ4n) is 2.54. The molecule has 1 fully saturated rings. The van der Waals surface area contributed by atoms with Gasteiger partial charge >= 0.3 is 0 Å². The fourth-order valence-corrected chi connectivity index (χ4v) is 3.85. The molecule has 2 rings (SSSR count). The quantitative estimate of drug-likeness (QED) is 0.755. The lowest BCUT2D eigenvalue weighted by molar-refractivity contribution is 0.106. The largest absolute Gasteiger partial charge is 0.314 e. The van der Waals surface area contributed by atoms with Crippen molar-refractivity contribution >= 4 is 9.84 Å². The molecule has 0 aromatic carbocycles. The van der Waals surface area contributed by atoms with Crippen LogP contribution in [0.5, 0.6) is 0 Å². The highest BCUT2D eigenvalue weighted by Gasteiger charge is 2.34. The van der Waals surface area contributed by atoms with E-state index in [1.54, 1.807) is 0 Å². The lowest BCUT2D eigenvalue weighted by atomic mass is 9.99. The van der Waals surface area contributed by atoms with Gasteiger partial charge in [0, 0.05) is 37.1 Å². The Kier molecular flexibility index (Phi) is 3.37. The Bertz CT molecular complexity index is 375. The number of rotatable bonds is 2. The molecule has 0 amide bonds. The van der Waals surface area contributed by atoms with Crippen molar-refractivity contribution in [3.63, 3.8) is 0 Å². The van der Waals surface area contributed by atoms with Crippen LogP contribution in [0, 0.1) is 5.92 Å². The standard InChI is InChI=1S/C11H20N2O2S/c1-9(2)11-7-12-4-5-13(11)10-3-6-16(14,15)8-10/h3,6,9-12H,4-5,7-8H2,1-2H3. The molecule has 2 unspecified atom stereocenters. The van der Waals surface area contributed by atoms with Gasteiger partial charge in [-0.2, -0.15) is 0 Å². The van der Waals surface area contributed by atoms with Crippen molar-refractivity contribution in [1.82, 2.24) is 10.2 Å². The number of piperazine rings is 1. The van der Waals surface area contributed by atoms with Gasteiger partial charge in [0.05, 0.1) is 5.75 Å². The van der Waals surface area contributed by atoms with E-state index in [0.717, 1.165) is 19.6 Å². The Morgan fingerprint density at radius 2 is 2.19 bits per heavy atom. The van der Waals surface area contributed by atoms with Crippen molar-refractivity contribution < 1.29 is 8.42 Å². The minimum absolute atomic E-state index is 0.0829. The summed E-state index contributed by atoms with van der Waals surface area (Å²) >= 11 is 0. The highest BCUT2D eigenvalue weighted by Crippen LogP contribution is 2.21. The molecular weight excluding hydrogens is 224 g/mol. The van der Waals surface area contributed by atoms with Crippen molar-refractivity contribution in [3.05, 3.63) is 11.5 Å². The summed E-state index contributed by atoms with van der Waals surface area (Å²) in [6, 6.07) is 0.524. The van der Waals surface area contributed by atoms with Crippen LogP contribution >= 0.6 is 0 Å². The first-order valence-electron chi connectivity index (χ1n) is 5.87. The normalized spacial score (nSPS) is 34.7. The molecule has 2 atom stereocenters. The van der Waals surface area contributed by atoms with E-state index >= 15 is 0 Å². The van der Waals surface area contributed by atoms with E-state index in [0.29, 0.717) is 12.0 Å². The van der Waals surface area contributed by atoms with E-state index in [9.17, 15) is 8.42 Å². The summed E-state index contributed by atoms with van der Waals surface area (Å²) in [5.74, 6) is 0.806. The number of hydrogen-bond donors (Lipinski definition) is 1. The second-order valence-electron chi connectivity index (χ2n) is 4.98. The SMILES string of the molecule is CC(C)C1CNCCN1C1C=CS(=O)(=O)C1. The molecule has 92 valence electrons. The molecule has 0 bridgehead atoms. The number of hydrogen-bond acceptors (Lipinski definition) is 4. The maximum atomic E-state index is 11.4. The van der Waals surface area contributed by atoms with E-state index < -0.39 is 9.84 Å². The second-order valence-corrected chi connectivity index (χ2v) is 6.91. The maximum absolute atomic E-state index is 11.4. The van der Waals surface area contributed by atoms with Crippen LogP contribution in [-0.4, -0.2) is 50.8 Å². The van der Waals surface area contributed by atoms with Crippen molar-refractivity contribution in [2.45, 2.75) is 25.9 Å². The highest BCUT2D eigenvalue weighted by molar-refractivity contribution is 7.94. The Labute approximate surface area is 97.6 Å². The summed E-state index contributed by atoms with van der Waals surface area (Å²) in [5, 5.41) is 4.75. The van der Waals surface area contributed by atoms with Gasteiger partial charge in [-0.25, -0.2) is 8.42 Å². The molecule has 16 heavy (non-hydrogen) atoms. The Balaban J connectivity index is 2.10. The van der Waals surface area contributed by atoms with Gasteiger partial charge in [0.1, 0.15) is 0 Å². The van der Waals surface area contributed by atoms with Gasteiger partial charge in [-0.15, -0.1) is 0 Å². The van der Waals surface area contributed by atoms with E-state index in [4.69, 9.17) is 0 Å². The van der Waals surface area contributed by atoms with E-state index in [1.165, 1.54) is 5.41 Å². The first kappa shape index (κ1) is 12.1. The van der Waals surface area contributed by atoms with Gasteiger partial charge in [0.25, 0.3) is 0 Å². The average Bonchev–Trinajstić information content (AvgIpc) is 2.59. The molecule has 2 aliphatic rings. The van der Waals surface area contributed by atoms with Gasteiger partial charge in [-0.1, -0.05) is 19.9 Å². The molecule has 2 heterocycles. The third kappa shape index (κ3) is 2.47. The minimum atomic E-state index is -2.94. The van der Waals surface area contributed by atoms with E-state index in [1.807, 2.05) is 6.08 Å². The van der Waals surface area contributed by atoms with Crippen LogP contribution < -0.4 is 5.32 Å². The summed E-state index contributed by atoms with van der Waals surface area (Å²) in [4.78, 5) is 2.34. The summed E-state index contributed by atoms with van der Waals surface area (Å²) in [6.07, 6.45) is 1.84. The van der Waals surface area contributed by atoms with E-state index in [2.05, 4.69) is 24.1 Å². The van der Waals surface area contributed by atoms with Gasteiger partial charge in [-0.3, -0.25) is 4.90 Å². The first-order valence-corrected chi connectivity index (χ1v) is 7.58. The third-order valence-electron chi connectivity index (χ3n) is 3.43. The lowest BCUT2D eigenvalue weighted by Crippen LogP contribution is -2.57. The zero-order valence-corrected chi connectivity index (χ0v) is 10.7. The van der Waals surface area contributed by atoms with Crippen LogP contribution in [0.4, 0.5) is 0 Å². The van der Waals surface area contributed by atoms with Crippen LogP contribution in [0.2, 0.25) is 0 Å². The molecule has 0 saturated carbocycles. The lowest BCUT2D eigenvalue weighted by Gasteiger charge is -2.41. The Hall–Kier alpha value is -0.390. The van der Waals surface area contributed by atoms with Crippen molar-refractivity contribution in [1.29, 1.82) is 0 Å². The Morgan fingerprint density at radius 1 is 1.44 bits per heavy atom. The maximum Gasteiger partial charge on any atom is 0.173 e. The molecule has 5 heteroatoms. The van der Waals surface area contributed by atoms with Crippen molar-refractivity contribution in [2.24, 2.45) is 5.92 Å². The molecule has 1 saturated heterocycles. The molecule has 1 N–H and O–H groups in total. The number of nitrogens with one attached hydrogen (secondary N) is 1. The number of nitrogens with zero attached hydrogens (tertiary/aromatic N) is 1. The van der Waals surface area contributed by atoms with Crippen LogP contribution in [-0.2, 0) is 9.84 Å². The molecule has 2 aliphatic heterocycles. The van der Waals surface area contributed by atoms with Crippen LogP contribution in [0.25, 0.3) is 0 Å². The zero-order chi connectivity index (χ0) is 11.8. The molecule has 0 radical (unpaired) electrons. The van der Waals surface area contributed by atoms with Crippen LogP contribution in [0.1, 0.15) is 13.8 Å². The smallest absolute Gasteiger partial charge is 0.173 e. The average molecular weight is 244 g/mol. The number of sulfone groups is 1. The predicted octanol–water partition coefficient (Wildman–Crippen LogP) is 0.227. The topological polar surface area (TPSA) is 49.4 Å². The van der Waals surface area contributed by atoms with Crippen LogP contribution in [0.15, 0.2) is 11.5 Å². The highest BCUT2D eigenvalue weighted by atomic mass is 32.2. The summed E-state index contributed by atoms with van der Waals surface area (Å²) in [7, 11) is -2.94. The zero-order valence-electron chi connectivity index (χ0n) is 9.89. The predicted molar refractivity (Wildman–Crippen MR) is 64.9 cm³/mol.